The Morgan fingerprint density at radius 1 is 1.45 bits per heavy atom. The first kappa shape index (κ1) is 18.4. The van der Waals surface area contributed by atoms with Gasteiger partial charge in [-0.3, -0.25) is 4.79 Å². The predicted octanol–water partition coefficient (Wildman–Crippen LogP) is 2.39. The predicted molar refractivity (Wildman–Crippen MR) is 73.8 cm³/mol. The topological polar surface area (TPSA) is 73.6 Å². The summed E-state index contributed by atoms with van der Waals surface area (Å²) in [6.45, 7) is -1.31. The first-order valence-electron chi connectivity index (χ1n) is 5.60. The van der Waals surface area contributed by atoms with Crippen molar-refractivity contribution in [3.05, 3.63) is 18.2 Å². The Morgan fingerprint density at radius 2 is 2.10 bits per heavy atom. The summed E-state index contributed by atoms with van der Waals surface area (Å²) < 4.78 is 33.8. The first-order valence-corrected chi connectivity index (χ1v) is 5.60. The largest absolute Gasteiger partial charge is 0.497 e. The molecule has 1 aromatic rings. The molecule has 0 radical (unpaired) electrons. The summed E-state index contributed by atoms with van der Waals surface area (Å²) >= 11 is 0. The minimum atomic E-state index is -2.97. The summed E-state index contributed by atoms with van der Waals surface area (Å²) in [6, 6.07) is 3.83. The Morgan fingerprint density at radius 3 is 2.60 bits per heavy atom. The fraction of sp³-hybridized carbons (Fsp3) is 0.417. The number of methoxy groups -OCH3 is 1. The van der Waals surface area contributed by atoms with Crippen LogP contribution in [0.2, 0.25) is 0 Å². The van der Waals surface area contributed by atoms with Crippen LogP contribution >= 0.6 is 12.4 Å². The highest BCUT2D eigenvalue weighted by molar-refractivity contribution is 5.92. The number of hydrogen-bond donors (Lipinski definition) is 2. The molecule has 1 rings (SSSR count). The molecule has 1 amide bonds. The second-order valence-corrected chi connectivity index (χ2v) is 3.97. The molecule has 0 aliphatic rings. The molecular weight excluding hydrogens is 294 g/mol. The minimum absolute atomic E-state index is 0. The molecule has 114 valence electrons. The van der Waals surface area contributed by atoms with Gasteiger partial charge >= 0.3 is 6.61 Å². The molecule has 0 aliphatic carbocycles. The Balaban J connectivity index is 0.00000361. The molecule has 20 heavy (non-hydrogen) atoms. The SMILES string of the molecule is COc1ccc(OC(F)F)c(NC(=O)CC(C)N)c1.Cl. The standard InChI is InChI=1S/C12H16F2N2O3.ClH/c1-7(15)5-11(17)16-9-6-8(18-2)3-4-10(9)19-12(13)14;/h3-4,6-7,12H,5,15H2,1-2H3,(H,16,17);1H. The number of rotatable bonds is 6. The molecule has 0 bridgehead atoms. The van der Waals surface area contributed by atoms with Crippen LogP contribution in [0.5, 0.6) is 11.5 Å². The number of alkyl halides is 2. The van der Waals surface area contributed by atoms with Crippen LogP contribution in [0.1, 0.15) is 13.3 Å². The molecule has 1 aromatic carbocycles. The molecule has 0 spiro atoms. The van der Waals surface area contributed by atoms with Crippen LogP contribution in [0.15, 0.2) is 18.2 Å². The van der Waals surface area contributed by atoms with Crippen LogP contribution in [0.4, 0.5) is 14.5 Å². The second kappa shape index (κ2) is 8.55. The van der Waals surface area contributed by atoms with Gasteiger partial charge in [0.2, 0.25) is 5.91 Å². The van der Waals surface area contributed by atoms with Gasteiger partial charge in [-0.25, -0.2) is 0 Å². The highest BCUT2D eigenvalue weighted by atomic mass is 35.5. The molecule has 0 saturated heterocycles. The number of hydrogen-bond acceptors (Lipinski definition) is 4. The average Bonchev–Trinajstić information content (AvgIpc) is 2.29. The van der Waals surface area contributed by atoms with E-state index in [2.05, 4.69) is 10.1 Å². The summed E-state index contributed by atoms with van der Waals surface area (Å²) in [5.41, 5.74) is 5.60. The number of nitrogens with one attached hydrogen (secondary N) is 1. The third-order valence-electron chi connectivity index (χ3n) is 2.18. The third-order valence-corrected chi connectivity index (χ3v) is 2.18. The van der Waals surface area contributed by atoms with E-state index in [1.165, 1.54) is 25.3 Å². The van der Waals surface area contributed by atoms with Crippen molar-refractivity contribution in [1.29, 1.82) is 0 Å². The van der Waals surface area contributed by atoms with E-state index >= 15 is 0 Å². The Hall–Kier alpha value is -1.60. The van der Waals surface area contributed by atoms with Gasteiger partial charge in [0.15, 0.2) is 0 Å². The van der Waals surface area contributed by atoms with Gasteiger partial charge in [-0.15, -0.1) is 12.4 Å². The van der Waals surface area contributed by atoms with Gasteiger partial charge in [-0.1, -0.05) is 0 Å². The zero-order chi connectivity index (χ0) is 14.4. The summed E-state index contributed by atoms with van der Waals surface area (Å²) in [7, 11) is 1.43. The Bertz CT molecular complexity index is 445. The van der Waals surface area contributed by atoms with Crippen LogP contribution in [0, 0.1) is 0 Å². The molecule has 1 unspecified atom stereocenters. The van der Waals surface area contributed by atoms with Crippen molar-refractivity contribution in [3.63, 3.8) is 0 Å². The van der Waals surface area contributed by atoms with Gasteiger partial charge in [0.1, 0.15) is 11.5 Å². The summed E-state index contributed by atoms with van der Waals surface area (Å²) in [5, 5.41) is 2.46. The van der Waals surface area contributed by atoms with Crippen molar-refractivity contribution in [2.75, 3.05) is 12.4 Å². The van der Waals surface area contributed by atoms with Gasteiger partial charge < -0.3 is 20.5 Å². The maximum Gasteiger partial charge on any atom is 0.387 e. The van der Waals surface area contributed by atoms with E-state index in [1.807, 2.05) is 0 Å². The number of anilines is 1. The molecule has 5 nitrogen and oxygen atoms in total. The van der Waals surface area contributed by atoms with Crippen LogP contribution in [0.3, 0.4) is 0 Å². The molecule has 8 heteroatoms. The number of amides is 1. The molecular formula is C12H17ClF2N2O3. The molecule has 0 aliphatic heterocycles. The second-order valence-electron chi connectivity index (χ2n) is 3.97. The number of ether oxygens (including phenoxy) is 2. The lowest BCUT2D eigenvalue weighted by molar-refractivity contribution is -0.116. The molecule has 0 saturated carbocycles. The summed E-state index contributed by atoms with van der Waals surface area (Å²) in [6.07, 6.45) is 0.0747. The van der Waals surface area contributed by atoms with Gasteiger partial charge in [0, 0.05) is 18.5 Å². The van der Waals surface area contributed by atoms with Crippen LogP contribution < -0.4 is 20.5 Å². The third kappa shape index (κ3) is 6.03. The van der Waals surface area contributed by atoms with Crippen LogP contribution in [0.25, 0.3) is 0 Å². The van der Waals surface area contributed by atoms with E-state index in [9.17, 15) is 13.6 Å². The van der Waals surface area contributed by atoms with Crippen molar-refractivity contribution in [2.24, 2.45) is 5.73 Å². The highest BCUT2D eigenvalue weighted by Gasteiger charge is 2.14. The van der Waals surface area contributed by atoms with E-state index in [4.69, 9.17) is 10.5 Å². The quantitative estimate of drug-likeness (QED) is 0.846. The molecule has 3 N–H and O–H groups in total. The molecule has 0 heterocycles. The Labute approximate surface area is 121 Å². The lowest BCUT2D eigenvalue weighted by Gasteiger charge is -2.13. The smallest absolute Gasteiger partial charge is 0.387 e. The zero-order valence-electron chi connectivity index (χ0n) is 11.1. The maximum atomic E-state index is 12.2. The minimum Gasteiger partial charge on any atom is -0.497 e. The Kier molecular flexibility index (Phi) is 7.86. The van der Waals surface area contributed by atoms with E-state index in [-0.39, 0.29) is 42.2 Å². The fourth-order valence-electron chi connectivity index (χ4n) is 1.43. The van der Waals surface area contributed by atoms with Gasteiger partial charge in [0.25, 0.3) is 0 Å². The van der Waals surface area contributed by atoms with E-state index in [1.54, 1.807) is 6.92 Å². The van der Waals surface area contributed by atoms with Crippen molar-refractivity contribution < 1.29 is 23.0 Å². The summed E-state index contributed by atoms with van der Waals surface area (Å²) in [5.74, 6) is -0.103. The maximum absolute atomic E-state index is 12.2. The van der Waals surface area contributed by atoms with E-state index < -0.39 is 6.61 Å². The molecule has 0 aromatic heterocycles. The lowest BCUT2D eigenvalue weighted by atomic mass is 10.2. The van der Waals surface area contributed by atoms with E-state index in [0.717, 1.165) is 0 Å². The monoisotopic (exact) mass is 310 g/mol. The van der Waals surface area contributed by atoms with Gasteiger partial charge in [-0.05, 0) is 19.1 Å². The highest BCUT2D eigenvalue weighted by Crippen LogP contribution is 2.30. The van der Waals surface area contributed by atoms with Crippen molar-refractivity contribution in [3.8, 4) is 11.5 Å². The number of nitrogens with two attached hydrogens (primary N) is 1. The first-order chi connectivity index (χ1) is 8.92. The zero-order valence-corrected chi connectivity index (χ0v) is 11.9. The average molecular weight is 311 g/mol. The van der Waals surface area contributed by atoms with Crippen LogP contribution in [-0.2, 0) is 4.79 Å². The number of carbonyl (C=O) groups is 1. The number of benzene rings is 1. The molecule has 1 atom stereocenters. The van der Waals surface area contributed by atoms with Crippen molar-refractivity contribution in [2.45, 2.75) is 26.0 Å². The van der Waals surface area contributed by atoms with Crippen LogP contribution in [-0.4, -0.2) is 25.7 Å². The normalized spacial score (nSPS) is 11.5. The summed E-state index contributed by atoms with van der Waals surface area (Å²) in [4.78, 5) is 11.6. The van der Waals surface area contributed by atoms with Crippen molar-refractivity contribution in [1.82, 2.24) is 0 Å². The van der Waals surface area contributed by atoms with E-state index in [0.29, 0.717) is 5.75 Å². The van der Waals surface area contributed by atoms with Crippen molar-refractivity contribution >= 4 is 24.0 Å². The van der Waals surface area contributed by atoms with Gasteiger partial charge in [-0.2, -0.15) is 8.78 Å². The fourth-order valence-corrected chi connectivity index (χ4v) is 1.43. The molecule has 0 fully saturated rings. The lowest BCUT2D eigenvalue weighted by Crippen LogP contribution is -2.24. The van der Waals surface area contributed by atoms with Gasteiger partial charge in [0.05, 0.1) is 12.8 Å². The number of halogens is 3. The number of carbonyl (C=O) groups excluding carboxylic acids is 1.